The Hall–Kier alpha value is -0.470. The molecule has 0 aliphatic rings. The van der Waals surface area contributed by atoms with Gasteiger partial charge in [-0.25, -0.2) is 0 Å². The second-order valence-electron chi connectivity index (χ2n) is 1.38. The molecule has 0 spiro atoms. The van der Waals surface area contributed by atoms with Gasteiger partial charge in [-0.1, -0.05) is 0 Å². The van der Waals surface area contributed by atoms with Gasteiger partial charge in [0.1, 0.15) is 0 Å². The fourth-order valence-corrected chi connectivity index (χ4v) is 0.606. The van der Waals surface area contributed by atoms with Gasteiger partial charge in [0.2, 0.25) is 0 Å². The van der Waals surface area contributed by atoms with Crippen molar-refractivity contribution < 1.29 is 9.52 Å². The summed E-state index contributed by atoms with van der Waals surface area (Å²) in [5.41, 5.74) is 0.631. The highest BCUT2D eigenvalue weighted by Crippen LogP contribution is 2.15. The van der Waals surface area contributed by atoms with Crippen LogP contribution >= 0.6 is 11.6 Å². The molecule has 2 nitrogen and oxygen atoms in total. The van der Waals surface area contributed by atoms with Gasteiger partial charge in [-0.2, -0.15) is 0 Å². The number of hydrogen-bond acceptors (Lipinski definition) is 2. The fourth-order valence-electron chi connectivity index (χ4n) is 0.432. The zero-order valence-corrected chi connectivity index (χ0v) is 4.85. The Balaban J connectivity index is 2.92. The Labute approximate surface area is 51.7 Å². The van der Waals surface area contributed by atoms with Crippen LogP contribution in [-0.4, -0.2) is 5.11 Å². The third-order valence-electron chi connectivity index (χ3n) is 0.864. The summed E-state index contributed by atoms with van der Waals surface area (Å²) in [4.78, 5) is 0. The smallest absolute Gasteiger partial charge is 0.198 e. The Bertz CT molecular complexity index is 171. The van der Waals surface area contributed by atoms with Crippen LogP contribution in [0.25, 0.3) is 0 Å². The Morgan fingerprint density at radius 2 is 2.50 bits per heavy atom. The van der Waals surface area contributed by atoms with E-state index < -0.39 is 0 Å². The van der Waals surface area contributed by atoms with Crippen LogP contribution in [-0.2, 0) is 6.61 Å². The zero-order chi connectivity index (χ0) is 5.98. The molecular formula is C5H5ClO2. The van der Waals surface area contributed by atoms with Crippen molar-refractivity contribution in [2.24, 2.45) is 0 Å². The molecule has 0 amide bonds. The first-order valence-electron chi connectivity index (χ1n) is 2.17. The van der Waals surface area contributed by atoms with E-state index in [-0.39, 0.29) is 11.8 Å². The van der Waals surface area contributed by atoms with E-state index in [0.717, 1.165) is 0 Å². The van der Waals surface area contributed by atoms with Crippen LogP contribution in [0.4, 0.5) is 0 Å². The molecule has 0 fully saturated rings. The quantitative estimate of drug-likeness (QED) is 0.627. The summed E-state index contributed by atoms with van der Waals surface area (Å²) in [7, 11) is 0. The molecule has 0 radical (unpaired) electrons. The van der Waals surface area contributed by atoms with Gasteiger partial charge >= 0.3 is 0 Å². The van der Waals surface area contributed by atoms with Gasteiger partial charge in [-0.05, 0) is 17.7 Å². The highest BCUT2D eigenvalue weighted by atomic mass is 35.5. The Morgan fingerprint density at radius 1 is 1.75 bits per heavy atom. The molecule has 0 atom stereocenters. The summed E-state index contributed by atoms with van der Waals surface area (Å²) in [6.45, 7) is -0.0602. The lowest BCUT2D eigenvalue weighted by Crippen LogP contribution is -1.75. The maximum atomic E-state index is 8.46. The maximum absolute atomic E-state index is 8.46. The third kappa shape index (κ3) is 0.854. The average molecular weight is 133 g/mol. The van der Waals surface area contributed by atoms with E-state index in [1.165, 1.54) is 6.26 Å². The summed E-state index contributed by atoms with van der Waals surface area (Å²) in [6, 6.07) is 1.63. The SMILES string of the molecule is OCc1ccoc1Cl. The van der Waals surface area contributed by atoms with Gasteiger partial charge in [0.25, 0.3) is 0 Å². The normalized spacial score (nSPS) is 9.75. The van der Waals surface area contributed by atoms with Crippen molar-refractivity contribution in [1.29, 1.82) is 0 Å². The van der Waals surface area contributed by atoms with E-state index in [9.17, 15) is 0 Å². The average Bonchev–Trinajstić information content (AvgIpc) is 2.14. The van der Waals surface area contributed by atoms with Crippen LogP contribution in [0.5, 0.6) is 0 Å². The summed E-state index contributed by atoms with van der Waals surface area (Å²) in [5, 5.41) is 8.73. The minimum atomic E-state index is -0.0602. The molecule has 0 bridgehead atoms. The first kappa shape index (κ1) is 5.66. The number of hydrogen-bond donors (Lipinski definition) is 1. The molecule has 1 aromatic heterocycles. The molecule has 0 aromatic carbocycles. The van der Waals surface area contributed by atoms with Crippen molar-refractivity contribution in [1.82, 2.24) is 0 Å². The van der Waals surface area contributed by atoms with Crippen LogP contribution < -0.4 is 0 Å². The van der Waals surface area contributed by atoms with Crippen LogP contribution in [0.1, 0.15) is 5.56 Å². The first-order chi connectivity index (χ1) is 3.84. The number of rotatable bonds is 1. The molecule has 0 saturated heterocycles. The molecule has 1 rings (SSSR count). The predicted molar refractivity (Wildman–Crippen MR) is 29.6 cm³/mol. The standard InChI is InChI=1S/C5H5ClO2/c6-5-4(3-7)1-2-8-5/h1-2,7H,3H2. The van der Waals surface area contributed by atoms with E-state index in [0.29, 0.717) is 5.56 Å². The third-order valence-corrected chi connectivity index (χ3v) is 1.20. The topological polar surface area (TPSA) is 33.4 Å². The molecular weight excluding hydrogens is 128 g/mol. The van der Waals surface area contributed by atoms with Gasteiger partial charge < -0.3 is 9.52 Å². The number of aliphatic hydroxyl groups excluding tert-OH is 1. The van der Waals surface area contributed by atoms with Crippen molar-refractivity contribution in [2.45, 2.75) is 6.61 Å². The van der Waals surface area contributed by atoms with Gasteiger partial charge in [-0.3, -0.25) is 0 Å². The Kier molecular flexibility index (Phi) is 1.56. The predicted octanol–water partition coefficient (Wildman–Crippen LogP) is 1.43. The van der Waals surface area contributed by atoms with Gasteiger partial charge in [-0.15, -0.1) is 0 Å². The van der Waals surface area contributed by atoms with E-state index in [2.05, 4.69) is 4.42 Å². The monoisotopic (exact) mass is 132 g/mol. The first-order valence-corrected chi connectivity index (χ1v) is 2.55. The lowest BCUT2D eigenvalue weighted by atomic mass is 10.4. The molecule has 0 aliphatic carbocycles. The van der Waals surface area contributed by atoms with Gasteiger partial charge in [0.05, 0.1) is 12.9 Å². The molecule has 1 N–H and O–H groups in total. The van der Waals surface area contributed by atoms with Crippen molar-refractivity contribution >= 4 is 11.6 Å². The summed E-state index contributed by atoms with van der Waals surface area (Å²) in [5.74, 6) is 0. The highest BCUT2D eigenvalue weighted by molar-refractivity contribution is 6.29. The van der Waals surface area contributed by atoms with Crippen molar-refractivity contribution in [3.8, 4) is 0 Å². The van der Waals surface area contributed by atoms with Crippen molar-refractivity contribution in [3.05, 3.63) is 23.1 Å². The molecule has 1 heterocycles. The summed E-state index contributed by atoms with van der Waals surface area (Å²) >= 11 is 5.41. The summed E-state index contributed by atoms with van der Waals surface area (Å²) in [6.07, 6.45) is 1.44. The van der Waals surface area contributed by atoms with Crippen LogP contribution in [0, 0.1) is 0 Å². The lowest BCUT2D eigenvalue weighted by molar-refractivity contribution is 0.280. The van der Waals surface area contributed by atoms with Gasteiger partial charge in [0, 0.05) is 5.56 Å². The van der Waals surface area contributed by atoms with Crippen LogP contribution in [0.15, 0.2) is 16.7 Å². The molecule has 0 aliphatic heterocycles. The lowest BCUT2D eigenvalue weighted by Gasteiger charge is -1.83. The number of furan rings is 1. The second-order valence-corrected chi connectivity index (χ2v) is 1.72. The molecule has 0 saturated carbocycles. The van der Waals surface area contributed by atoms with Gasteiger partial charge in [0.15, 0.2) is 5.22 Å². The van der Waals surface area contributed by atoms with E-state index in [1.54, 1.807) is 6.07 Å². The van der Waals surface area contributed by atoms with Crippen LogP contribution in [0.3, 0.4) is 0 Å². The molecule has 8 heavy (non-hydrogen) atoms. The van der Waals surface area contributed by atoms with E-state index in [1.807, 2.05) is 0 Å². The number of halogens is 1. The molecule has 3 heteroatoms. The fraction of sp³-hybridized carbons (Fsp3) is 0.200. The molecule has 0 unspecified atom stereocenters. The maximum Gasteiger partial charge on any atom is 0.198 e. The molecule has 1 aromatic rings. The zero-order valence-electron chi connectivity index (χ0n) is 4.10. The highest BCUT2D eigenvalue weighted by Gasteiger charge is 1.98. The van der Waals surface area contributed by atoms with Crippen molar-refractivity contribution in [3.63, 3.8) is 0 Å². The largest absolute Gasteiger partial charge is 0.453 e. The second kappa shape index (κ2) is 2.20. The minimum Gasteiger partial charge on any atom is -0.453 e. The van der Waals surface area contributed by atoms with E-state index in [4.69, 9.17) is 16.7 Å². The number of aliphatic hydroxyl groups is 1. The molecule has 44 valence electrons. The van der Waals surface area contributed by atoms with Crippen LogP contribution in [0.2, 0.25) is 5.22 Å². The summed E-state index contributed by atoms with van der Waals surface area (Å²) < 4.78 is 4.66. The Morgan fingerprint density at radius 3 is 2.75 bits per heavy atom. The minimum absolute atomic E-state index is 0.0602. The van der Waals surface area contributed by atoms with Crippen molar-refractivity contribution in [2.75, 3.05) is 0 Å². The van der Waals surface area contributed by atoms with E-state index >= 15 is 0 Å².